The molecule has 8 heteroatoms. The lowest BCUT2D eigenvalue weighted by Crippen LogP contribution is -2.39. The average Bonchev–Trinajstić information content (AvgIpc) is 2.36. The molecule has 0 fully saturated rings. The molecule has 1 rings (SSSR count). The van der Waals surface area contributed by atoms with Crippen molar-refractivity contribution >= 4 is 21.8 Å². The van der Waals surface area contributed by atoms with Crippen LogP contribution in [0.25, 0.3) is 0 Å². The second kappa shape index (κ2) is 6.49. The molecule has 0 unspecified atom stereocenters. The molecule has 0 heterocycles. The Morgan fingerprint density at radius 3 is 2.60 bits per heavy atom. The molecule has 7 nitrogen and oxygen atoms in total. The number of rotatable bonds is 6. The number of sulfonamides is 1. The maximum Gasteiger partial charge on any atom is 0.241 e. The smallest absolute Gasteiger partial charge is 0.241 e. The molecule has 0 atom stereocenters. The molecule has 110 valence electrons. The first-order valence-electron chi connectivity index (χ1n) is 5.96. The van der Waals surface area contributed by atoms with Crippen LogP contribution in [0.3, 0.4) is 0 Å². The predicted octanol–water partition coefficient (Wildman–Crippen LogP) is -0.226. The van der Waals surface area contributed by atoms with Crippen LogP contribution in [0.2, 0.25) is 0 Å². The molecule has 0 radical (unpaired) electrons. The topological polar surface area (TPSA) is 125 Å². The van der Waals surface area contributed by atoms with Gasteiger partial charge in [0.25, 0.3) is 0 Å². The van der Waals surface area contributed by atoms with E-state index in [-0.39, 0.29) is 23.3 Å². The molecule has 0 saturated carbocycles. The highest BCUT2D eigenvalue weighted by molar-refractivity contribution is 7.89. The van der Waals surface area contributed by atoms with Gasteiger partial charge in [-0.05, 0) is 26.0 Å². The van der Waals surface area contributed by atoms with Crippen molar-refractivity contribution in [2.75, 3.05) is 6.54 Å². The van der Waals surface area contributed by atoms with E-state index in [1.807, 2.05) is 0 Å². The minimum Gasteiger partial charge on any atom is -0.384 e. The Morgan fingerprint density at radius 1 is 1.40 bits per heavy atom. The summed E-state index contributed by atoms with van der Waals surface area (Å²) in [5, 5.41) is 9.86. The monoisotopic (exact) mass is 298 g/mol. The Morgan fingerprint density at radius 2 is 2.05 bits per heavy atom. The van der Waals surface area contributed by atoms with Gasteiger partial charge in [0.15, 0.2) is 0 Å². The van der Waals surface area contributed by atoms with E-state index in [4.69, 9.17) is 11.1 Å². The Bertz CT molecular complexity index is 611. The largest absolute Gasteiger partial charge is 0.384 e. The van der Waals surface area contributed by atoms with Gasteiger partial charge in [-0.15, -0.1) is 0 Å². The number of nitrogen functional groups attached to an aromatic ring is 1. The lowest BCUT2D eigenvalue weighted by Gasteiger charge is -2.10. The highest BCUT2D eigenvalue weighted by atomic mass is 32.2. The third-order valence-electron chi connectivity index (χ3n) is 2.33. The second-order valence-electron chi connectivity index (χ2n) is 4.49. The molecule has 1 aromatic rings. The fraction of sp³-hybridized carbons (Fsp3) is 0.333. The number of amides is 1. The van der Waals surface area contributed by atoms with Gasteiger partial charge in [-0.25, -0.2) is 13.1 Å². The third-order valence-corrected chi connectivity index (χ3v) is 3.73. The first-order valence-corrected chi connectivity index (χ1v) is 7.44. The van der Waals surface area contributed by atoms with Crippen molar-refractivity contribution in [3.8, 4) is 0 Å². The van der Waals surface area contributed by atoms with Crippen LogP contribution < -0.4 is 15.8 Å². The second-order valence-corrected chi connectivity index (χ2v) is 6.26. The molecular formula is C12H18N4O3S. The van der Waals surface area contributed by atoms with Gasteiger partial charge in [-0.1, -0.05) is 12.1 Å². The number of carbonyl (C=O) groups is 1. The van der Waals surface area contributed by atoms with E-state index in [9.17, 15) is 13.2 Å². The Balaban J connectivity index is 2.81. The summed E-state index contributed by atoms with van der Waals surface area (Å²) in [4.78, 5) is 11.4. The normalized spacial score (nSPS) is 11.3. The molecular weight excluding hydrogens is 280 g/mol. The van der Waals surface area contributed by atoms with Crippen molar-refractivity contribution in [3.05, 3.63) is 29.8 Å². The fourth-order valence-corrected chi connectivity index (χ4v) is 2.48. The van der Waals surface area contributed by atoms with Gasteiger partial charge in [0.1, 0.15) is 5.84 Å². The number of nitrogens with one attached hydrogen (secondary N) is 3. The van der Waals surface area contributed by atoms with Crippen molar-refractivity contribution in [3.63, 3.8) is 0 Å². The number of nitrogens with two attached hydrogens (primary N) is 1. The maximum atomic E-state index is 12.0. The van der Waals surface area contributed by atoms with E-state index in [1.165, 1.54) is 24.3 Å². The lowest BCUT2D eigenvalue weighted by atomic mass is 10.2. The zero-order valence-corrected chi connectivity index (χ0v) is 12.1. The predicted molar refractivity (Wildman–Crippen MR) is 75.9 cm³/mol. The molecule has 0 aliphatic carbocycles. The minimum atomic E-state index is -3.81. The standard InChI is InChI=1S/C12H18N4O3S/c1-8(2)16-11(17)7-15-20(18,19)10-5-3-4-9(6-10)12(13)14/h3-6,8,15H,7H2,1-2H3,(H3,13,14)(H,16,17). The third kappa shape index (κ3) is 4.63. The van der Waals surface area contributed by atoms with Crippen molar-refractivity contribution in [1.29, 1.82) is 5.41 Å². The van der Waals surface area contributed by atoms with Gasteiger partial charge in [-0.3, -0.25) is 10.2 Å². The van der Waals surface area contributed by atoms with E-state index >= 15 is 0 Å². The van der Waals surface area contributed by atoms with Crippen LogP contribution in [0, 0.1) is 5.41 Å². The molecule has 0 spiro atoms. The van der Waals surface area contributed by atoms with Crippen molar-refractivity contribution in [2.45, 2.75) is 24.8 Å². The lowest BCUT2D eigenvalue weighted by molar-refractivity contribution is -0.120. The molecule has 0 saturated heterocycles. The van der Waals surface area contributed by atoms with Crippen LogP contribution in [-0.2, 0) is 14.8 Å². The van der Waals surface area contributed by atoms with Gasteiger partial charge in [-0.2, -0.15) is 0 Å². The molecule has 1 amide bonds. The van der Waals surface area contributed by atoms with Gasteiger partial charge in [0.2, 0.25) is 15.9 Å². The zero-order chi connectivity index (χ0) is 15.3. The van der Waals surface area contributed by atoms with Crippen LogP contribution in [0.15, 0.2) is 29.2 Å². The summed E-state index contributed by atoms with van der Waals surface area (Å²) in [6, 6.07) is 5.61. The zero-order valence-electron chi connectivity index (χ0n) is 11.3. The molecule has 0 aromatic heterocycles. The molecule has 0 aliphatic rings. The van der Waals surface area contributed by atoms with Crippen LogP contribution in [-0.4, -0.2) is 32.7 Å². The highest BCUT2D eigenvalue weighted by Gasteiger charge is 2.16. The van der Waals surface area contributed by atoms with E-state index in [1.54, 1.807) is 13.8 Å². The Kier molecular flexibility index (Phi) is 5.23. The summed E-state index contributed by atoms with van der Waals surface area (Å²) < 4.78 is 26.2. The van der Waals surface area contributed by atoms with E-state index in [0.717, 1.165) is 0 Å². The summed E-state index contributed by atoms with van der Waals surface area (Å²) in [5.74, 6) is -0.633. The van der Waals surface area contributed by atoms with Gasteiger partial charge in [0, 0.05) is 11.6 Å². The van der Waals surface area contributed by atoms with Crippen LogP contribution in [0.1, 0.15) is 19.4 Å². The van der Waals surface area contributed by atoms with E-state index in [0.29, 0.717) is 5.56 Å². The number of amidine groups is 1. The van der Waals surface area contributed by atoms with Crippen LogP contribution >= 0.6 is 0 Å². The van der Waals surface area contributed by atoms with E-state index < -0.39 is 15.9 Å². The molecule has 5 N–H and O–H groups in total. The van der Waals surface area contributed by atoms with Crippen LogP contribution in [0.5, 0.6) is 0 Å². The number of carbonyl (C=O) groups excluding carboxylic acids is 1. The average molecular weight is 298 g/mol. The summed E-state index contributed by atoms with van der Waals surface area (Å²) in [6.45, 7) is 3.22. The Hall–Kier alpha value is -1.93. The first kappa shape index (κ1) is 16.1. The van der Waals surface area contributed by atoms with Gasteiger partial charge >= 0.3 is 0 Å². The van der Waals surface area contributed by atoms with Crippen molar-refractivity contribution in [1.82, 2.24) is 10.0 Å². The molecule has 20 heavy (non-hydrogen) atoms. The number of benzene rings is 1. The van der Waals surface area contributed by atoms with E-state index in [2.05, 4.69) is 10.0 Å². The molecule has 0 aliphatic heterocycles. The summed E-state index contributed by atoms with van der Waals surface area (Å²) in [5.41, 5.74) is 5.61. The SMILES string of the molecule is CC(C)NC(=O)CNS(=O)(=O)c1cccc(C(=N)N)c1. The highest BCUT2D eigenvalue weighted by Crippen LogP contribution is 2.10. The molecule has 1 aromatic carbocycles. The summed E-state index contributed by atoms with van der Waals surface area (Å²) in [7, 11) is -3.81. The number of hydrogen-bond acceptors (Lipinski definition) is 4. The maximum absolute atomic E-state index is 12.0. The van der Waals surface area contributed by atoms with Crippen LogP contribution in [0.4, 0.5) is 0 Å². The first-order chi connectivity index (χ1) is 9.22. The van der Waals surface area contributed by atoms with Crippen molar-refractivity contribution < 1.29 is 13.2 Å². The number of hydrogen-bond donors (Lipinski definition) is 4. The summed E-state index contributed by atoms with van der Waals surface area (Å²) in [6.07, 6.45) is 0. The minimum absolute atomic E-state index is 0.0393. The van der Waals surface area contributed by atoms with Gasteiger partial charge in [0.05, 0.1) is 11.4 Å². The Labute approximate surface area is 118 Å². The fourth-order valence-electron chi connectivity index (χ4n) is 1.45. The quantitative estimate of drug-likeness (QED) is 0.427. The van der Waals surface area contributed by atoms with Gasteiger partial charge < -0.3 is 11.1 Å². The summed E-state index contributed by atoms with van der Waals surface area (Å²) >= 11 is 0. The van der Waals surface area contributed by atoms with Crippen molar-refractivity contribution in [2.24, 2.45) is 5.73 Å². The molecule has 0 bridgehead atoms.